The van der Waals surface area contributed by atoms with Crippen LogP contribution < -0.4 is 4.90 Å². The number of hydrogen-bond acceptors (Lipinski definition) is 3. The highest BCUT2D eigenvalue weighted by atomic mass is 79.9. The van der Waals surface area contributed by atoms with E-state index in [1.54, 1.807) is 0 Å². The van der Waals surface area contributed by atoms with Gasteiger partial charge >= 0.3 is 6.09 Å². The molecule has 5 heteroatoms. The van der Waals surface area contributed by atoms with Crippen LogP contribution in [0, 0.1) is 0 Å². The Hall–Kier alpha value is -1.23. The predicted molar refractivity (Wildman–Crippen MR) is 86.6 cm³/mol. The van der Waals surface area contributed by atoms with Crippen molar-refractivity contribution in [2.75, 3.05) is 18.0 Å². The van der Waals surface area contributed by atoms with Gasteiger partial charge in [0.1, 0.15) is 5.60 Å². The minimum absolute atomic E-state index is 0.176. The van der Waals surface area contributed by atoms with Crippen LogP contribution in [0.3, 0.4) is 0 Å². The molecule has 4 nitrogen and oxygen atoms in total. The molecule has 0 unspecified atom stereocenters. The van der Waals surface area contributed by atoms with Gasteiger partial charge in [0.2, 0.25) is 0 Å². The van der Waals surface area contributed by atoms with Crippen LogP contribution in [0.15, 0.2) is 28.7 Å². The zero-order valence-corrected chi connectivity index (χ0v) is 14.3. The zero-order chi connectivity index (χ0) is 15.2. The zero-order valence-electron chi connectivity index (χ0n) is 12.7. The van der Waals surface area contributed by atoms with Gasteiger partial charge in [0, 0.05) is 29.3 Å². The molecule has 114 valence electrons. The van der Waals surface area contributed by atoms with Gasteiger partial charge in [0.15, 0.2) is 0 Å². The summed E-state index contributed by atoms with van der Waals surface area (Å²) in [6, 6.07) is 9.06. The molecule has 2 aliphatic heterocycles. The van der Waals surface area contributed by atoms with Crippen molar-refractivity contribution < 1.29 is 9.53 Å². The molecule has 1 amide bonds. The summed E-state index contributed by atoms with van der Waals surface area (Å²) in [6.07, 6.45) is 0.862. The Labute approximate surface area is 134 Å². The molecule has 0 aliphatic carbocycles. The predicted octanol–water partition coefficient (Wildman–Crippen LogP) is 3.65. The number of amides is 1. The largest absolute Gasteiger partial charge is 0.444 e. The van der Waals surface area contributed by atoms with Gasteiger partial charge in [-0.05, 0) is 51.5 Å². The number of nitrogens with zero attached hydrogens (tertiary/aromatic N) is 2. The van der Waals surface area contributed by atoms with E-state index >= 15 is 0 Å². The summed E-state index contributed by atoms with van der Waals surface area (Å²) in [5.74, 6) is 0. The van der Waals surface area contributed by atoms with E-state index in [0.717, 1.165) is 24.0 Å². The van der Waals surface area contributed by atoms with Crippen molar-refractivity contribution >= 4 is 27.7 Å². The summed E-state index contributed by atoms with van der Waals surface area (Å²) in [4.78, 5) is 16.5. The van der Waals surface area contributed by atoms with Crippen LogP contribution in [-0.4, -0.2) is 41.8 Å². The Kier molecular flexibility index (Phi) is 3.64. The average molecular weight is 353 g/mol. The number of fused-ring (bicyclic) bond motifs is 2. The average Bonchev–Trinajstić information content (AvgIpc) is 2.97. The molecule has 1 aromatic rings. The van der Waals surface area contributed by atoms with Gasteiger partial charge in [-0.3, -0.25) is 0 Å². The van der Waals surface area contributed by atoms with Crippen molar-refractivity contribution in [2.45, 2.75) is 44.9 Å². The fraction of sp³-hybridized carbons (Fsp3) is 0.562. The Morgan fingerprint density at radius 1 is 1.19 bits per heavy atom. The van der Waals surface area contributed by atoms with Gasteiger partial charge in [-0.2, -0.15) is 0 Å². The molecular formula is C16H21BrN2O2. The van der Waals surface area contributed by atoms with E-state index in [4.69, 9.17) is 4.74 Å². The fourth-order valence-corrected chi connectivity index (χ4v) is 3.42. The van der Waals surface area contributed by atoms with E-state index in [1.807, 2.05) is 25.7 Å². The molecule has 3 rings (SSSR count). The van der Waals surface area contributed by atoms with Gasteiger partial charge < -0.3 is 14.5 Å². The molecule has 0 spiro atoms. The molecule has 2 bridgehead atoms. The SMILES string of the molecule is CC(C)(C)OC(=O)N1C[C@@H]2C[C@H]1CN2c1ccc(Br)cc1. The number of carbonyl (C=O) groups excluding carboxylic acids is 1. The fourth-order valence-electron chi connectivity index (χ4n) is 3.16. The Morgan fingerprint density at radius 3 is 2.38 bits per heavy atom. The second-order valence-corrected chi connectivity index (χ2v) is 7.72. The maximum absolute atomic E-state index is 12.2. The van der Waals surface area contributed by atoms with Gasteiger partial charge in [-0.1, -0.05) is 15.9 Å². The summed E-state index contributed by atoms with van der Waals surface area (Å²) < 4.78 is 6.58. The van der Waals surface area contributed by atoms with E-state index in [-0.39, 0.29) is 12.1 Å². The number of rotatable bonds is 1. The van der Waals surface area contributed by atoms with E-state index < -0.39 is 5.60 Å². The van der Waals surface area contributed by atoms with Gasteiger partial charge in [-0.25, -0.2) is 4.79 Å². The maximum Gasteiger partial charge on any atom is 0.410 e. The summed E-state index contributed by atoms with van der Waals surface area (Å²) in [7, 11) is 0. The van der Waals surface area contributed by atoms with E-state index in [2.05, 4.69) is 45.1 Å². The van der Waals surface area contributed by atoms with Crippen LogP contribution in [0.5, 0.6) is 0 Å². The van der Waals surface area contributed by atoms with Crippen molar-refractivity contribution in [3.8, 4) is 0 Å². The minimum Gasteiger partial charge on any atom is -0.444 e. The molecular weight excluding hydrogens is 332 g/mol. The van der Waals surface area contributed by atoms with Crippen molar-refractivity contribution in [3.05, 3.63) is 28.7 Å². The number of hydrogen-bond donors (Lipinski definition) is 0. The molecule has 2 saturated heterocycles. The smallest absolute Gasteiger partial charge is 0.410 e. The van der Waals surface area contributed by atoms with Crippen molar-refractivity contribution in [1.29, 1.82) is 0 Å². The first kappa shape index (κ1) is 14.7. The van der Waals surface area contributed by atoms with Crippen LogP contribution in [-0.2, 0) is 4.74 Å². The van der Waals surface area contributed by atoms with Crippen LogP contribution in [0.2, 0.25) is 0 Å². The molecule has 2 fully saturated rings. The molecule has 0 radical (unpaired) electrons. The normalized spacial score (nSPS) is 24.6. The van der Waals surface area contributed by atoms with E-state index in [0.29, 0.717) is 6.04 Å². The molecule has 0 aromatic heterocycles. The van der Waals surface area contributed by atoms with Crippen LogP contribution in [0.25, 0.3) is 0 Å². The first-order chi connectivity index (χ1) is 9.83. The molecule has 0 N–H and O–H groups in total. The van der Waals surface area contributed by atoms with Crippen LogP contribution in [0.4, 0.5) is 10.5 Å². The van der Waals surface area contributed by atoms with E-state index in [1.165, 1.54) is 5.69 Å². The van der Waals surface area contributed by atoms with E-state index in [9.17, 15) is 4.79 Å². The number of piperazine rings is 1. The third-order valence-corrected chi connectivity index (χ3v) is 4.56. The van der Waals surface area contributed by atoms with Crippen molar-refractivity contribution in [3.63, 3.8) is 0 Å². The lowest BCUT2D eigenvalue weighted by Crippen LogP contribution is -2.50. The number of halogens is 1. The first-order valence-corrected chi connectivity index (χ1v) is 8.14. The number of carbonyl (C=O) groups is 1. The number of likely N-dealkylation sites (tertiary alicyclic amines) is 1. The summed E-state index contributed by atoms with van der Waals surface area (Å²) in [5, 5.41) is 0. The molecule has 2 heterocycles. The standard InChI is InChI=1S/C16H21BrN2O2/c1-16(2,3)21-15(20)19-10-13-8-14(19)9-18(13)12-6-4-11(17)5-7-12/h4-7,13-14H,8-10H2,1-3H3/t13-,14-/m0/s1. The molecule has 0 saturated carbocycles. The highest BCUT2D eigenvalue weighted by Crippen LogP contribution is 2.35. The lowest BCUT2D eigenvalue weighted by molar-refractivity contribution is 0.0215. The lowest BCUT2D eigenvalue weighted by atomic mass is 10.2. The Morgan fingerprint density at radius 2 is 1.86 bits per heavy atom. The second kappa shape index (κ2) is 5.20. The van der Waals surface area contributed by atoms with Gasteiger partial charge in [0.05, 0.1) is 6.04 Å². The summed E-state index contributed by atoms with van der Waals surface area (Å²) in [5.41, 5.74) is 0.805. The number of ether oxygens (including phenoxy) is 1. The molecule has 21 heavy (non-hydrogen) atoms. The highest BCUT2D eigenvalue weighted by Gasteiger charge is 2.46. The van der Waals surface area contributed by atoms with Crippen molar-refractivity contribution in [2.24, 2.45) is 0 Å². The summed E-state index contributed by atoms with van der Waals surface area (Å²) >= 11 is 3.46. The Balaban J connectivity index is 1.66. The second-order valence-electron chi connectivity index (χ2n) is 6.80. The summed E-state index contributed by atoms with van der Waals surface area (Å²) in [6.45, 7) is 7.38. The van der Waals surface area contributed by atoms with Gasteiger partial charge in [-0.15, -0.1) is 0 Å². The highest BCUT2D eigenvalue weighted by molar-refractivity contribution is 9.10. The van der Waals surface area contributed by atoms with Crippen molar-refractivity contribution in [1.82, 2.24) is 4.90 Å². The lowest BCUT2D eigenvalue weighted by Gasteiger charge is -2.36. The molecule has 2 aliphatic rings. The molecule has 2 atom stereocenters. The topological polar surface area (TPSA) is 32.8 Å². The van der Waals surface area contributed by atoms with Gasteiger partial charge in [0.25, 0.3) is 0 Å². The van der Waals surface area contributed by atoms with Crippen LogP contribution in [0.1, 0.15) is 27.2 Å². The number of anilines is 1. The quantitative estimate of drug-likeness (QED) is 0.773. The maximum atomic E-state index is 12.2. The third kappa shape index (κ3) is 3.03. The number of benzene rings is 1. The molecule has 1 aromatic carbocycles. The monoisotopic (exact) mass is 352 g/mol. The Bertz CT molecular complexity index is 538. The first-order valence-electron chi connectivity index (χ1n) is 7.35. The minimum atomic E-state index is -0.426. The van der Waals surface area contributed by atoms with Crippen LogP contribution >= 0.6 is 15.9 Å². The third-order valence-electron chi connectivity index (χ3n) is 4.03.